The van der Waals surface area contributed by atoms with Crippen LogP contribution >= 0.6 is 15.9 Å². The van der Waals surface area contributed by atoms with Crippen LogP contribution in [-0.2, 0) is 24.2 Å². The van der Waals surface area contributed by atoms with Crippen molar-refractivity contribution >= 4 is 21.8 Å². The smallest absolute Gasteiger partial charge is 0.226 e. The van der Waals surface area contributed by atoms with Crippen molar-refractivity contribution in [1.82, 2.24) is 4.90 Å². The SMILES string of the molecule is COc1cc2c(cc1O)[C@@H](Cc1ccc(OC)c(OCc3ccccc3)c1Br)N(C(=O)C1CC1)CC2. The summed E-state index contributed by atoms with van der Waals surface area (Å²) in [6.07, 6.45) is 3.21. The Morgan fingerprint density at radius 3 is 2.50 bits per heavy atom. The van der Waals surface area contributed by atoms with E-state index in [1.807, 2.05) is 53.4 Å². The maximum absolute atomic E-state index is 13.3. The number of benzene rings is 3. The molecule has 3 aromatic rings. The van der Waals surface area contributed by atoms with Crippen molar-refractivity contribution in [3.05, 3.63) is 81.3 Å². The van der Waals surface area contributed by atoms with Crippen LogP contribution in [0.3, 0.4) is 0 Å². The number of amides is 1. The largest absolute Gasteiger partial charge is 0.504 e. The number of phenols is 1. The van der Waals surface area contributed by atoms with Crippen LogP contribution in [0.2, 0.25) is 0 Å². The van der Waals surface area contributed by atoms with E-state index in [1.165, 1.54) is 0 Å². The van der Waals surface area contributed by atoms with Crippen molar-refractivity contribution in [2.75, 3.05) is 20.8 Å². The van der Waals surface area contributed by atoms with Crippen LogP contribution in [0.1, 0.15) is 41.1 Å². The van der Waals surface area contributed by atoms with E-state index < -0.39 is 0 Å². The molecule has 1 aliphatic carbocycles. The van der Waals surface area contributed by atoms with Crippen LogP contribution < -0.4 is 14.2 Å². The average molecular weight is 552 g/mol. The molecule has 5 rings (SSSR count). The molecule has 1 fully saturated rings. The van der Waals surface area contributed by atoms with E-state index in [9.17, 15) is 9.90 Å². The lowest BCUT2D eigenvalue weighted by molar-refractivity contribution is -0.135. The summed E-state index contributed by atoms with van der Waals surface area (Å²) < 4.78 is 17.9. The Kier molecular flexibility index (Phi) is 7.10. The normalized spacial score (nSPS) is 16.9. The lowest BCUT2D eigenvalue weighted by Crippen LogP contribution is -2.41. The average Bonchev–Trinajstić information content (AvgIpc) is 3.75. The molecule has 36 heavy (non-hydrogen) atoms. The quantitative estimate of drug-likeness (QED) is 0.381. The van der Waals surface area contributed by atoms with Gasteiger partial charge in [0.15, 0.2) is 23.0 Å². The van der Waals surface area contributed by atoms with E-state index in [4.69, 9.17) is 14.2 Å². The second-order valence-corrected chi connectivity index (χ2v) is 10.1. The lowest BCUT2D eigenvalue weighted by Gasteiger charge is -2.38. The molecule has 0 saturated heterocycles. The minimum atomic E-state index is -0.203. The summed E-state index contributed by atoms with van der Waals surface area (Å²) in [6.45, 7) is 1.05. The number of phenolic OH excluding ortho intramolecular Hbond substituents is 1. The van der Waals surface area contributed by atoms with Crippen molar-refractivity contribution in [2.45, 2.75) is 38.3 Å². The molecule has 0 radical (unpaired) electrons. The Bertz CT molecular complexity index is 1260. The lowest BCUT2D eigenvalue weighted by atomic mass is 9.87. The minimum Gasteiger partial charge on any atom is -0.504 e. The van der Waals surface area contributed by atoms with Gasteiger partial charge in [-0.1, -0.05) is 36.4 Å². The monoisotopic (exact) mass is 551 g/mol. The highest BCUT2D eigenvalue weighted by Gasteiger charge is 2.39. The molecular weight excluding hydrogens is 522 g/mol. The molecular formula is C29H30BrNO5. The maximum Gasteiger partial charge on any atom is 0.226 e. The highest BCUT2D eigenvalue weighted by molar-refractivity contribution is 9.10. The number of rotatable bonds is 8. The second kappa shape index (κ2) is 10.4. The van der Waals surface area contributed by atoms with Gasteiger partial charge in [-0.2, -0.15) is 0 Å². The first-order valence-electron chi connectivity index (χ1n) is 12.2. The number of hydrogen-bond acceptors (Lipinski definition) is 5. The molecule has 3 aromatic carbocycles. The summed E-state index contributed by atoms with van der Waals surface area (Å²) in [7, 11) is 3.18. The fourth-order valence-corrected chi connectivity index (χ4v) is 5.50. The van der Waals surface area contributed by atoms with E-state index >= 15 is 0 Å². The molecule has 1 aliphatic heterocycles. The molecule has 2 aliphatic rings. The van der Waals surface area contributed by atoms with Gasteiger partial charge in [-0.15, -0.1) is 0 Å². The molecule has 0 aromatic heterocycles. The number of methoxy groups -OCH3 is 2. The molecule has 0 unspecified atom stereocenters. The summed E-state index contributed by atoms with van der Waals surface area (Å²) in [6, 6.07) is 17.4. The van der Waals surface area contributed by atoms with Gasteiger partial charge in [-0.3, -0.25) is 4.79 Å². The molecule has 1 N–H and O–H groups in total. The van der Waals surface area contributed by atoms with Crippen molar-refractivity contribution < 1.29 is 24.1 Å². The second-order valence-electron chi connectivity index (χ2n) is 9.34. The third-order valence-corrected chi connectivity index (χ3v) is 7.88. The molecule has 0 bridgehead atoms. The predicted molar refractivity (Wildman–Crippen MR) is 141 cm³/mol. The number of nitrogens with zero attached hydrogens (tertiary/aromatic N) is 1. The Labute approximate surface area is 219 Å². The van der Waals surface area contributed by atoms with Crippen molar-refractivity contribution in [3.63, 3.8) is 0 Å². The Morgan fingerprint density at radius 1 is 1.06 bits per heavy atom. The minimum absolute atomic E-state index is 0.0858. The van der Waals surface area contributed by atoms with Gasteiger partial charge >= 0.3 is 0 Å². The van der Waals surface area contributed by atoms with E-state index in [0.717, 1.165) is 46.0 Å². The fraction of sp³-hybridized carbons (Fsp3) is 0.345. The predicted octanol–water partition coefficient (Wildman–Crippen LogP) is 5.83. The molecule has 1 amide bonds. The standard InChI is InChI=1S/C29H30BrNO5/c1-34-25-11-10-21(27(30)28(25)36-17-18-6-4-3-5-7-18)14-23-22-16-24(32)26(35-2)15-20(22)12-13-31(23)29(33)19-8-9-19/h3-7,10-11,15-16,19,23,32H,8-9,12-14,17H2,1-2H3/t23-/m1/s1. The highest BCUT2D eigenvalue weighted by atomic mass is 79.9. The van der Waals surface area contributed by atoms with Gasteiger partial charge < -0.3 is 24.2 Å². The number of hydrogen-bond donors (Lipinski definition) is 1. The molecule has 1 atom stereocenters. The van der Waals surface area contributed by atoms with Gasteiger partial charge in [0.2, 0.25) is 5.91 Å². The van der Waals surface area contributed by atoms with Crippen LogP contribution in [0.25, 0.3) is 0 Å². The van der Waals surface area contributed by atoms with Gasteiger partial charge in [0.05, 0.1) is 24.7 Å². The summed E-state index contributed by atoms with van der Waals surface area (Å²) in [5.74, 6) is 2.13. The van der Waals surface area contributed by atoms with Gasteiger partial charge in [-0.25, -0.2) is 0 Å². The van der Waals surface area contributed by atoms with E-state index in [-0.39, 0.29) is 23.6 Å². The van der Waals surface area contributed by atoms with E-state index in [2.05, 4.69) is 15.9 Å². The Balaban J connectivity index is 1.49. The van der Waals surface area contributed by atoms with Crippen molar-refractivity contribution in [1.29, 1.82) is 0 Å². The van der Waals surface area contributed by atoms with Gasteiger partial charge in [0.1, 0.15) is 6.61 Å². The van der Waals surface area contributed by atoms with Crippen LogP contribution in [0, 0.1) is 5.92 Å². The summed E-state index contributed by atoms with van der Waals surface area (Å²) in [5.41, 5.74) is 4.12. The summed E-state index contributed by atoms with van der Waals surface area (Å²) in [5, 5.41) is 10.6. The molecule has 6 nitrogen and oxygen atoms in total. The van der Waals surface area contributed by atoms with E-state index in [0.29, 0.717) is 36.8 Å². The van der Waals surface area contributed by atoms with Crippen LogP contribution in [0.4, 0.5) is 0 Å². The molecule has 188 valence electrons. The topological polar surface area (TPSA) is 68.2 Å². The molecule has 1 heterocycles. The fourth-order valence-electron chi connectivity index (χ4n) is 4.90. The first-order chi connectivity index (χ1) is 17.5. The number of ether oxygens (including phenoxy) is 3. The highest BCUT2D eigenvalue weighted by Crippen LogP contribution is 2.45. The van der Waals surface area contributed by atoms with Crippen LogP contribution in [0.5, 0.6) is 23.0 Å². The number of aromatic hydroxyl groups is 1. The first-order valence-corrected chi connectivity index (χ1v) is 13.0. The summed E-state index contributed by atoms with van der Waals surface area (Å²) in [4.78, 5) is 15.3. The van der Waals surface area contributed by atoms with Crippen LogP contribution in [-0.4, -0.2) is 36.7 Å². The first kappa shape index (κ1) is 24.5. The van der Waals surface area contributed by atoms with Crippen molar-refractivity contribution in [2.24, 2.45) is 5.92 Å². The number of carbonyl (C=O) groups is 1. The van der Waals surface area contributed by atoms with Gasteiger partial charge in [-0.05, 0) is 82.1 Å². The molecule has 1 saturated carbocycles. The zero-order chi connectivity index (χ0) is 25.2. The Hall–Kier alpha value is -3.19. The van der Waals surface area contributed by atoms with E-state index in [1.54, 1.807) is 20.3 Å². The summed E-state index contributed by atoms with van der Waals surface area (Å²) >= 11 is 3.77. The maximum atomic E-state index is 13.3. The number of halogens is 1. The van der Waals surface area contributed by atoms with Crippen LogP contribution in [0.15, 0.2) is 59.1 Å². The zero-order valence-corrected chi connectivity index (χ0v) is 22.1. The van der Waals surface area contributed by atoms with Gasteiger partial charge in [0.25, 0.3) is 0 Å². The third kappa shape index (κ3) is 4.89. The molecule has 0 spiro atoms. The molecule has 7 heteroatoms. The number of fused-ring (bicyclic) bond motifs is 1. The Morgan fingerprint density at radius 2 is 1.81 bits per heavy atom. The third-order valence-electron chi connectivity index (χ3n) is 7.01. The van der Waals surface area contributed by atoms with Crippen molar-refractivity contribution in [3.8, 4) is 23.0 Å². The van der Waals surface area contributed by atoms with Gasteiger partial charge in [0, 0.05) is 12.5 Å². The number of carbonyl (C=O) groups excluding carboxylic acids is 1. The zero-order valence-electron chi connectivity index (χ0n) is 20.5.